The van der Waals surface area contributed by atoms with E-state index in [4.69, 9.17) is 4.99 Å². The van der Waals surface area contributed by atoms with E-state index in [1.807, 2.05) is 49.9 Å². The molecule has 0 spiro atoms. The van der Waals surface area contributed by atoms with Crippen molar-refractivity contribution >= 4 is 47.4 Å². The number of aromatic nitrogens is 2. The van der Waals surface area contributed by atoms with Crippen LogP contribution in [0.1, 0.15) is 32.8 Å². The molecule has 33 heavy (non-hydrogen) atoms. The van der Waals surface area contributed by atoms with Gasteiger partial charge in [0.25, 0.3) is 0 Å². The summed E-state index contributed by atoms with van der Waals surface area (Å²) in [6.07, 6.45) is 4.30. The summed E-state index contributed by atoms with van der Waals surface area (Å²) in [5.41, 5.74) is 1.72. The Hall–Kier alpha value is -2.63. The molecular formula is C23H34IN7O2. The van der Waals surface area contributed by atoms with Crippen molar-refractivity contribution in [1.29, 1.82) is 0 Å². The molecule has 1 aromatic carbocycles. The van der Waals surface area contributed by atoms with Gasteiger partial charge in [0, 0.05) is 49.7 Å². The lowest BCUT2D eigenvalue weighted by atomic mass is 10.2. The van der Waals surface area contributed by atoms with Gasteiger partial charge in [0.2, 0.25) is 11.8 Å². The normalized spacial score (nSPS) is 15.8. The highest BCUT2D eigenvalue weighted by molar-refractivity contribution is 14.0. The number of rotatable bonds is 8. The number of halogens is 1. The van der Waals surface area contributed by atoms with Gasteiger partial charge in [-0.25, -0.2) is 4.99 Å². The van der Waals surface area contributed by atoms with Crippen LogP contribution in [-0.4, -0.2) is 58.1 Å². The lowest BCUT2D eigenvalue weighted by molar-refractivity contribution is -0.133. The minimum absolute atomic E-state index is 0. The van der Waals surface area contributed by atoms with Gasteiger partial charge in [-0.2, -0.15) is 5.10 Å². The topological polar surface area (TPSA) is 104 Å². The van der Waals surface area contributed by atoms with Gasteiger partial charge in [0.05, 0.1) is 6.54 Å². The largest absolute Gasteiger partial charge is 0.357 e. The van der Waals surface area contributed by atoms with Gasteiger partial charge in [-0.05, 0) is 37.1 Å². The molecule has 3 N–H and O–H groups in total. The summed E-state index contributed by atoms with van der Waals surface area (Å²) in [6, 6.07) is 9.63. The molecule has 10 heteroatoms. The van der Waals surface area contributed by atoms with Crippen LogP contribution in [-0.2, 0) is 22.7 Å². The third kappa shape index (κ3) is 8.34. The van der Waals surface area contributed by atoms with E-state index in [0.29, 0.717) is 13.1 Å². The summed E-state index contributed by atoms with van der Waals surface area (Å²) in [7, 11) is 0. The van der Waals surface area contributed by atoms with Crippen LogP contribution in [0.5, 0.6) is 0 Å². The van der Waals surface area contributed by atoms with Gasteiger partial charge in [-0.3, -0.25) is 14.3 Å². The van der Waals surface area contributed by atoms with Crippen LogP contribution >= 0.6 is 24.0 Å². The molecule has 2 aromatic rings. The van der Waals surface area contributed by atoms with Gasteiger partial charge in [-0.15, -0.1) is 24.0 Å². The smallest absolute Gasteiger partial charge is 0.246 e. The monoisotopic (exact) mass is 567 g/mol. The van der Waals surface area contributed by atoms with Crippen LogP contribution in [0.4, 0.5) is 5.69 Å². The summed E-state index contributed by atoms with van der Waals surface area (Å²) in [5.74, 6) is 0.807. The summed E-state index contributed by atoms with van der Waals surface area (Å²) in [6.45, 7) is 8.74. The molecule has 0 radical (unpaired) electrons. The number of likely N-dealkylation sites (tertiary alicyclic amines) is 1. The molecule has 0 aliphatic carbocycles. The highest BCUT2D eigenvalue weighted by Gasteiger charge is 2.27. The lowest BCUT2D eigenvalue weighted by Gasteiger charge is -2.20. The molecule has 1 atom stereocenters. The minimum Gasteiger partial charge on any atom is -0.357 e. The molecule has 1 aromatic heterocycles. The molecule has 1 saturated heterocycles. The third-order valence-corrected chi connectivity index (χ3v) is 5.17. The zero-order valence-electron chi connectivity index (χ0n) is 19.5. The number of guanidine groups is 1. The molecule has 1 unspecified atom stereocenters. The summed E-state index contributed by atoms with van der Waals surface area (Å²) < 4.78 is 1.58. The molecule has 180 valence electrons. The molecule has 2 heterocycles. The van der Waals surface area contributed by atoms with E-state index in [1.165, 1.54) is 0 Å². The van der Waals surface area contributed by atoms with Gasteiger partial charge in [0.1, 0.15) is 6.54 Å². The van der Waals surface area contributed by atoms with Gasteiger partial charge in [0.15, 0.2) is 5.96 Å². The fraction of sp³-hybridized carbons (Fsp3) is 0.478. The zero-order valence-corrected chi connectivity index (χ0v) is 21.8. The number of hydrogen-bond acceptors (Lipinski definition) is 4. The predicted octanol–water partition coefficient (Wildman–Crippen LogP) is 2.45. The maximum atomic E-state index is 12.2. The van der Waals surface area contributed by atoms with E-state index in [9.17, 15) is 9.59 Å². The zero-order chi connectivity index (χ0) is 22.9. The van der Waals surface area contributed by atoms with Crippen LogP contribution in [0.3, 0.4) is 0 Å². The quantitative estimate of drug-likeness (QED) is 0.259. The fourth-order valence-corrected chi connectivity index (χ4v) is 3.62. The average Bonchev–Trinajstić information content (AvgIpc) is 3.44. The van der Waals surface area contributed by atoms with Gasteiger partial charge in [-0.1, -0.05) is 26.0 Å². The molecule has 1 aliphatic rings. The maximum absolute atomic E-state index is 12.2. The molecule has 1 aliphatic heterocycles. The second-order valence-corrected chi connectivity index (χ2v) is 8.22. The van der Waals surface area contributed by atoms with Crippen molar-refractivity contribution in [2.75, 3.05) is 25.0 Å². The first-order chi connectivity index (χ1) is 15.4. The van der Waals surface area contributed by atoms with Crippen molar-refractivity contribution in [1.82, 2.24) is 25.3 Å². The van der Waals surface area contributed by atoms with Gasteiger partial charge < -0.3 is 20.9 Å². The van der Waals surface area contributed by atoms with Crippen molar-refractivity contribution in [3.63, 3.8) is 0 Å². The van der Waals surface area contributed by atoms with E-state index in [-0.39, 0.29) is 54.3 Å². The second kappa shape index (κ2) is 13.2. The van der Waals surface area contributed by atoms with Crippen LogP contribution in [0, 0.1) is 5.92 Å². The molecule has 9 nitrogen and oxygen atoms in total. The Labute approximate surface area is 212 Å². The minimum atomic E-state index is -0.133. The Morgan fingerprint density at radius 3 is 2.79 bits per heavy atom. The van der Waals surface area contributed by atoms with Crippen LogP contribution in [0.15, 0.2) is 47.7 Å². The van der Waals surface area contributed by atoms with Crippen LogP contribution in [0.2, 0.25) is 0 Å². The van der Waals surface area contributed by atoms with Crippen molar-refractivity contribution in [3.05, 3.63) is 48.3 Å². The number of nitrogens with one attached hydrogen (secondary N) is 3. The number of nitrogens with zero attached hydrogens (tertiary/aromatic N) is 4. The SMILES string of the molecule is CCNC(=NCc1cccc(NC(=O)Cn2cccn2)c1)NC1CCN(C(=O)C(C)C)C1.I. The number of hydrogen-bond donors (Lipinski definition) is 3. The van der Waals surface area contributed by atoms with E-state index in [2.05, 4.69) is 21.0 Å². The van der Waals surface area contributed by atoms with E-state index < -0.39 is 0 Å². The number of carbonyl (C=O) groups is 2. The highest BCUT2D eigenvalue weighted by atomic mass is 127. The number of anilines is 1. The first-order valence-corrected chi connectivity index (χ1v) is 11.1. The fourth-order valence-electron chi connectivity index (χ4n) is 3.62. The van der Waals surface area contributed by atoms with E-state index in [1.54, 1.807) is 23.1 Å². The van der Waals surface area contributed by atoms with Crippen molar-refractivity contribution in [3.8, 4) is 0 Å². The maximum Gasteiger partial charge on any atom is 0.246 e. The summed E-state index contributed by atoms with van der Waals surface area (Å²) in [4.78, 5) is 31.0. The Kier molecular flexibility index (Phi) is 10.6. The average molecular weight is 567 g/mol. The third-order valence-electron chi connectivity index (χ3n) is 5.17. The van der Waals surface area contributed by atoms with Crippen LogP contribution in [0.25, 0.3) is 0 Å². The molecule has 3 rings (SSSR count). The number of benzene rings is 1. The Balaban J connectivity index is 0.00000385. The standard InChI is InChI=1S/C23H33N7O2.HI/c1-4-24-23(28-20-9-12-29(15-20)22(32)17(2)3)25-14-18-7-5-8-19(13-18)27-21(31)16-30-11-6-10-26-30;/h5-8,10-11,13,17,20H,4,9,12,14-16H2,1-3H3,(H,27,31)(H2,24,25,28);1H. The highest BCUT2D eigenvalue weighted by Crippen LogP contribution is 2.14. The Morgan fingerprint density at radius 2 is 2.09 bits per heavy atom. The van der Waals surface area contributed by atoms with Crippen LogP contribution < -0.4 is 16.0 Å². The summed E-state index contributed by atoms with van der Waals surface area (Å²) in [5, 5.41) is 13.7. The molecule has 2 amide bonds. The Morgan fingerprint density at radius 1 is 1.27 bits per heavy atom. The predicted molar refractivity (Wildman–Crippen MR) is 140 cm³/mol. The second-order valence-electron chi connectivity index (χ2n) is 8.22. The number of aliphatic imine (C=N–C) groups is 1. The van der Waals surface area contributed by atoms with Crippen molar-refractivity contribution in [2.45, 2.75) is 46.3 Å². The lowest BCUT2D eigenvalue weighted by Crippen LogP contribution is -2.45. The van der Waals surface area contributed by atoms with E-state index in [0.717, 1.165) is 36.7 Å². The molecular weight excluding hydrogens is 533 g/mol. The number of amides is 2. The Bertz CT molecular complexity index is 931. The number of carbonyl (C=O) groups excluding carboxylic acids is 2. The van der Waals surface area contributed by atoms with Gasteiger partial charge >= 0.3 is 0 Å². The van der Waals surface area contributed by atoms with E-state index >= 15 is 0 Å². The first-order valence-electron chi connectivity index (χ1n) is 11.1. The summed E-state index contributed by atoms with van der Waals surface area (Å²) >= 11 is 0. The first kappa shape index (κ1) is 26.6. The molecule has 0 bridgehead atoms. The molecule has 1 fully saturated rings. The van der Waals surface area contributed by atoms with Crippen molar-refractivity contribution in [2.24, 2.45) is 10.9 Å². The molecule has 0 saturated carbocycles. The van der Waals surface area contributed by atoms with Crippen molar-refractivity contribution < 1.29 is 9.59 Å².